The lowest BCUT2D eigenvalue weighted by molar-refractivity contribution is -0.141. The van der Waals surface area contributed by atoms with E-state index >= 15 is 0 Å². The number of thioether (sulfide) groups is 1. The fourth-order valence-electron chi connectivity index (χ4n) is 2.96. The Morgan fingerprint density at radius 3 is 2.75 bits per heavy atom. The molecular weight excluding hydrogens is 455 g/mol. The van der Waals surface area contributed by atoms with Crippen LogP contribution in [0.1, 0.15) is 12.6 Å². The van der Waals surface area contributed by atoms with Crippen molar-refractivity contribution < 1.29 is 28.2 Å². The lowest BCUT2D eigenvalue weighted by Crippen LogP contribution is -2.23. The summed E-state index contributed by atoms with van der Waals surface area (Å²) in [6.07, 6.45) is 0. The Balaban J connectivity index is 1.33. The summed E-state index contributed by atoms with van der Waals surface area (Å²) in [4.78, 5) is 30.7. The summed E-state index contributed by atoms with van der Waals surface area (Å²) in [5, 5.41) is 1.98. The highest BCUT2D eigenvalue weighted by molar-refractivity contribution is 8.00. The topological polar surface area (TPSA) is 78.0 Å². The summed E-state index contributed by atoms with van der Waals surface area (Å²) in [7, 11) is 0. The molecule has 3 aromatic rings. The van der Waals surface area contributed by atoms with Crippen molar-refractivity contribution in [3.05, 3.63) is 59.4 Å². The zero-order valence-electron chi connectivity index (χ0n) is 17.1. The molecule has 0 spiro atoms. The van der Waals surface area contributed by atoms with Gasteiger partial charge in [0.15, 0.2) is 16.6 Å². The molecule has 0 saturated carbocycles. The molecule has 2 heterocycles. The number of benzene rings is 2. The van der Waals surface area contributed by atoms with Gasteiger partial charge in [-0.15, -0.1) is 23.1 Å². The van der Waals surface area contributed by atoms with Gasteiger partial charge in [0.05, 0.1) is 17.1 Å². The monoisotopic (exact) mass is 474 g/mol. The van der Waals surface area contributed by atoms with Crippen LogP contribution in [-0.2, 0) is 20.9 Å². The lowest BCUT2D eigenvalue weighted by Gasteiger charge is -2.18. The Morgan fingerprint density at radius 1 is 1.19 bits per heavy atom. The van der Waals surface area contributed by atoms with Gasteiger partial charge >= 0.3 is 5.97 Å². The molecule has 7 nitrogen and oxygen atoms in total. The van der Waals surface area contributed by atoms with E-state index in [0.717, 1.165) is 4.90 Å². The minimum atomic E-state index is -0.526. The number of nitrogens with zero attached hydrogens (tertiary/aromatic N) is 2. The summed E-state index contributed by atoms with van der Waals surface area (Å²) in [5.74, 6) is 0.167. The summed E-state index contributed by atoms with van der Waals surface area (Å²) >= 11 is 2.50. The largest absolute Gasteiger partial charge is 0.486 e. The molecule has 0 unspecified atom stereocenters. The van der Waals surface area contributed by atoms with Crippen molar-refractivity contribution in [2.45, 2.75) is 18.4 Å². The molecule has 1 aromatic heterocycles. The molecule has 1 amide bonds. The van der Waals surface area contributed by atoms with Crippen LogP contribution in [0.3, 0.4) is 0 Å². The number of aromatic nitrogens is 1. The number of fused-ring (bicyclic) bond motifs is 1. The Morgan fingerprint density at radius 2 is 1.97 bits per heavy atom. The third kappa shape index (κ3) is 5.20. The van der Waals surface area contributed by atoms with Crippen LogP contribution in [0.2, 0.25) is 0 Å². The van der Waals surface area contributed by atoms with Crippen molar-refractivity contribution >= 4 is 45.8 Å². The number of esters is 1. The molecule has 166 valence electrons. The smallest absolute Gasteiger partial charge is 0.316 e. The van der Waals surface area contributed by atoms with E-state index in [4.69, 9.17) is 14.2 Å². The average molecular weight is 475 g/mol. The second-order valence-electron chi connectivity index (χ2n) is 6.68. The Hall–Kier alpha value is -3.11. The SMILES string of the molecule is CC(=O)N(c1nc(COC(=O)CSc2ccc3c(c2)OCCO3)cs1)c1ccccc1F. The summed E-state index contributed by atoms with van der Waals surface area (Å²) in [5.41, 5.74) is 0.596. The van der Waals surface area contributed by atoms with Gasteiger partial charge in [-0.05, 0) is 30.3 Å². The van der Waals surface area contributed by atoms with E-state index in [1.54, 1.807) is 17.5 Å². The third-order valence-electron chi connectivity index (χ3n) is 4.39. The lowest BCUT2D eigenvalue weighted by atomic mass is 10.3. The number of rotatable bonds is 7. The van der Waals surface area contributed by atoms with Crippen molar-refractivity contribution in [1.82, 2.24) is 4.98 Å². The predicted molar refractivity (Wildman–Crippen MR) is 119 cm³/mol. The molecule has 0 N–H and O–H groups in total. The molecule has 4 rings (SSSR count). The standard InChI is InChI=1S/C22H19FN2O5S2/c1-14(26)25(18-5-3-2-4-17(18)23)22-24-15(12-32-22)11-30-21(27)13-31-16-6-7-19-20(10-16)29-9-8-28-19/h2-7,10,12H,8-9,11,13H2,1H3. The molecule has 1 aliphatic rings. The molecule has 0 radical (unpaired) electrons. The first-order valence-corrected chi connectivity index (χ1v) is 11.6. The number of anilines is 2. The second kappa shape index (κ2) is 10.0. The van der Waals surface area contributed by atoms with E-state index in [1.807, 2.05) is 18.2 Å². The average Bonchev–Trinajstić information content (AvgIpc) is 3.26. The fraction of sp³-hybridized carbons (Fsp3) is 0.227. The van der Waals surface area contributed by atoms with E-state index < -0.39 is 11.8 Å². The number of amides is 1. The first-order chi connectivity index (χ1) is 15.5. The first-order valence-electron chi connectivity index (χ1n) is 9.69. The van der Waals surface area contributed by atoms with Crippen molar-refractivity contribution in [1.29, 1.82) is 0 Å². The number of halogens is 1. The molecule has 10 heteroatoms. The van der Waals surface area contributed by atoms with Gasteiger partial charge in [0.1, 0.15) is 25.6 Å². The number of ether oxygens (including phenoxy) is 3. The van der Waals surface area contributed by atoms with Crippen LogP contribution >= 0.6 is 23.1 Å². The van der Waals surface area contributed by atoms with Crippen molar-refractivity contribution in [2.24, 2.45) is 0 Å². The number of thiazole rings is 1. The first kappa shape index (κ1) is 22.1. The maximum Gasteiger partial charge on any atom is 0.316 e. The quantitative estimate of drug-likeness (QED) is 0.367. The minimum Gasteiger partial charge on any atom is -0.486 e. The van der Waals surface area contributed by atoms with Gasteiger partial charge in [0, 0.05) is 17.2 Å². The van der Waals surface area contributed by atoms with Gasteiger partial charge in [0.25, 0.3) is 0 Å². The van der Waals surface area contributed by atoms with Gasteiger partial charge in [-0.3, -0.25) is 14.5 Å². The third-order valence-corrected chi connectivity index (χ3v) is 6.23. The highest BCUT2D eigenvalue weighted by atomic mass is 32.2. The molecule has 2 aromatic carbocycles. The van der Waals surface area contributed by atoms with Gasteiger partial charge < -0.3 is 14.2 Å². The maximum atomic E-state index is 14.2. The Bertz CT molecular complexity index is 1140. The van der Waals surface area contributed by atoms with Crippen molar-refractivity contribution in [3.8, 4) is 11.5 Å². The molecule has 0 atom stereocenters. The predicted octanol–water partition coefficient (Wildman–Crippen LogP) is 4.57. The molecule has 0 aliphatic carbocycles. The second-order valence-corrected chi connectivity index (χ2v) is 8.57. The zero-order chi connectivity index (χ0) is 22.5. The van der Waals surface area contributed by atoms with Crippen LogP contribution in [0, 0.1) is 5.82 Å². The van der Waals surface area contributed by atoms with Gasteiger partial charge in [-0.1, -0.05) is 12.1 Å². The van der Waals surface area contributed by atoms with Crippen LogP contribution in [-0.4, -0.2) is 35.8 Å². The van der Waals surface area contributed by atoms with E-state index in [0.29, 0.717) is 35.5 Å². The number of carbonyl (C=O) groups is 2. The van der Waals surface area contributed by atoms with Crippen LogP contribution in [0.4, 0.5) is 15.2 Å². The fourth-order valence-corrected chi connectivity index (χ4v) is 4.54. The van der Waals surface area contributed by atoms with Gasteiger partial charge in [-0.25, -0.2) is 9.37 Å². The van der Waals surface area contributed by atoms with Crippen LogP contribution in [0.5, 0.6) is 11.5 Å². The molecule has 32 heavy (non-hydrogen) atoms. The van der Waals surface area contributed by atoms with Crippen LogP contribution in [0.15, 0.2) is 52.7 Å². The molecular formula is C22H19FN2O5S2. The van der Waals surface area contributed by atoms with Crippen LogP contribution in [0.25, 0.3) is 0 Å². The number of carbonyl (C=O) groups excluding carboxylic acids is 2. The van der Waals surface area contributed by atoms with E-state index in [9.17, 15) is 14.0 Å². The summed E-state index contributed by atoms with van der Waals surface area (Å²) < 4.78 is 30.5. The molecule has 0 fully saturated rings. The summed E-state index contributed by atoms with van der Waals surface area (Å²) in [6, 6.07) is 11.5. The van der Waals surface area contributed by atoms with Crippen molar-refractivity contribution in [3.63, 3.8) is 0 Å². The highest BCUT2D eigenvalue weighted by Gasteiger charge is 2.21. The number of hydrogen-bond donors (Lipinski definition) is 0. The van der Waals surface area contributed by atoms with E-state index in [2.05, 4.69) is 4.98 Å². The van der Waals surface area contributed by atoms with E-state index in [1.165, 1.54) is 47.1 Å². The van der Waals surface area contributed by atoms with Crippen LogP contribution < -0.4 is 14.4 Å². The molecule has 0 bridgehead atoms. The van der Waals surface area contributed by atoms with Gasteiger partial charge in [-0.2, -0.15) is 0 Å². The minimum absolute atomic E-state index is 0.0416. The number of hydrogen-bond acceptors (Lipinski definition) is 8. The van der Waals surface area contributed by atoms with Gasteiger partial charge in [0.2, 0.25) is 5.91 Å². The Kier molecular flexibility index (Phi) is 6.91. The zero-order valence-corrected chi connectivity index (χ0v) is 18.7. The highest BCUT2D eigenvalue weighted by Crippen LogP contribution is 2.34. The molecule has 0 saturated heterocycles. The normalized spacial score (nSPS) is 12.3. The maximum absolute atomic E-state index is 14.2. The summed E-state index contributed by atoms with van der Waals surface area (Å²) in [6.45, 7) is 2.31. The number of para-hydroxylation sites is 1. The molecule has 1 aliphatic heterocycles. The Labute approximate surface area is 192 Å². The van der Waals surface area contributed by atoms with E-state index in [-0.39, 0.29) is 24.0 Å². The van der Waals surface area contributed by atoms with Crippen molar-refractivity contribution in [2.75, 3.05) is 23.9 Å².